The van der Waals surface area contributed by atoms with Gasteiger partial charge in [0.1, 0.15) is 5.84 Å². The van der Waals surface area contributed by atoms with Gasteiger partial charge in [-0.15, -0.1) is 11.3 Å². The van der Waals surface area contributed by atoms with Crippen LogP contribution in [0.3, 0.4) is 0 Å². The van der Waals surface area contributed by atoms with Crippen molar-refractivity contribution < 1.29 is 0 Å². The molecule has 0 amide bonds. The largest absolute Gasteiger partial charge is 0.384 e. The highest BCUT2D eigenvalue weighted by molar-refractivity contribution is 7.26. The van der Waals surface area contributed by atoms with E-state index in [1.54, 1.807) is 0 Å². The van der Waals surface area contributed by atoms with E-state index in [4.69, 9.17) is 11.1 Å². The van der Waals surface area contributed by atoms with Crippen molar-refractivity contribution in [2.24, 2.45) is 17.4 Å². The predicted molar refractivity (Wildman–Crippen MR) is 213 cm³/mol. The quantitative estimate of drug-likeness (QED) is 0.132. The molecule has 5 heteroatoms. The topological polar surface area (TPSA) is 80.8 Å². The Morgan fingerprint density at radius 3 is 2.27 bits per heavy atom. The molecule has 2 heterocycles. The van der Waals surface area contributed by atoms with Crippen LogP contribution in [0, 0.1) is 11.3 Å². The highest BCUT2D eigenvalue weighted by atomic mass is 32.1. The maximum absolute atomic E-state index is 7.06. The zero-order chi connectivity index (χ0) is 33.6. The van der Waals surface area contributed by atoms with Gasteiger partial charge in [0.2, 0.25) is 0 Å². The van der Waals surface area contributed by atoms with Crippen molar-refractivity contribution in [3.8, 4) is 0 Å². The Morgan fingerprint density at radius 2 is 1.56 bits per heavy atom. The van der Waals surface area contributed by atoms with E-state index in [1.807, 2.05) is 37.3 Å². The smallest absolute Gasteiger partial charge is 0.118 e. The van der Waals surface area contributed by atoms with Gasteiger partial charge < -0.3 is 16.0 Å². The predicted octanol–water partition coefficient (Wildman–Crippen LogP) is 11.2. The lowest BCUT2D eigenvalue weighted by molar-refractivity contribution is 0.554. The van der Waals surface area contributed by atoms with Crippen molar-refractivity contribution in [2.75, 3.05) is 7.05 Å². The average Bonchev–Trinajstić information content (AvgIpc) is 3.67. The van der Waals surface area contributed by atoms with Crippen LogP contribution in [0.5, 0.6) is 0 Å². The van der Waals surface area contributed by atoms with Gasteiger partial charge >= 0.3 is 0 Å². The van der Waals surface area contributed by atoms with Gasteiger partial charge in [-0.05, 0) is 96.8 Å². The molecule has 1 atom stereocenters. The third-order valence-electron chi connectivity index (χ3n) is 9.33. The SMILES string of the molecule is C1=CCC(Cn2c3cc4ccccc4cc3c3cc4c(cc32)sc2c3c(ccc24)CCC=C3)C=C1.CC.CN.N=C(N)C1=CC=CCC1. The molecule has 3 aliphatic rings. The van der Waals surface area contributed by atoms with E-state index in [2.05, 4.69) is 113 Å². The number of nitrogens with two attached hydrogens (primary N) is 2. The second-order valence-electron chi connectivity index (χ2n) is 12.1. The Hall–Kier alpha value is -4.71. The molecule has 0 fully saturated rings. The molecule has 244 valence electrons. The van der Waals surface area contributed by atoms with Gasteiger partial charge in [0.15, 0.2) is 0 Å². The Morgan fingerprint density at radius 1 is 0.812 bits per heavy atom. The fourth-order valence-electron chi connectivity index (χ4n) is 7.04. The molecule has 9 rings (SSSR count). The summed E-state index contributed by atoms with van der Waals surface area (Å²) in [5.41, 5.74) is 16.4. The summed E-state index contributed by atoms with van der Waals surface area (Å²) in [7, 11) is 1.50. The molecule has 2 aromatic heterocycles. The number of benzene rings is 4. The second kappa shape index (κ2) is 15.0. The van der Waals surface area contributed by atoms with Crippen molar-refractivity contribution in [1.82, 2.24) is 4.57 Å². The highest BCUT2D eigenvalue weighted by Crippen LogP contribution is 2.43. The Bertz CT molecular complexity index is 2270. The Balaban J connectivity index is 0.000000265. The lowest BCUT2D eigenvalue weighted by Crippen LogP contribution is -2.13. The summed E-state index contributed by atoms with van der Waals surface area (Å²) in [6.07, 6.45) is 25.0. The Labute approximate surface area is 287 Å². The molecule has 0 radical (unpaired) electrons. The van der Waals surface area contributed by atoms with Gasteiger partial charge in [-0.1, -0.05) is 105 Å². The van der Waals surface area contributed by atoms with Crippen molar-refractivity contribution >= 4 is 76.0 Å². The van der Waals surface area contributed by atoms with Gasteiger partial charge in [0, 0.05) is 43.0 Å². The van der Waals surface area contributed by atoms with E-state index < -0.39 is 0 Å². The number of hydrogen-bond acceptors (Lipinski definition) is 3. The summed E-state index contributed by atoms with van der Waals surface area (Å²) in [5, 5.41) is 15.2. The number of amidine groups is 1. The average molecular weight is 651 g/mol. The number of allylic oxidation sites excluding steroid dienone is 8. The first-order chi connectivity index (χ1) is 23.6. The molecule has 0 saturated carbocycles. The summed E-state index contributed by atoms with van der Waals surface area (Å²) in [6.45, 7) is 5.01. The number of aryl methyl sites for hydroxylation is 1. The lowest BCUT2D eigenvalue weighted by Gasteiger charge is -2.16. The maximum Gasteiger partial charge on any atom is 0.118 e. The number of aromatic nitrogens is 1. The first kappa shape index (κ1) is 33.2. The molecule has 0 aliphatic heterocycles. The van der Waals surface area contributed by atoms with Crippen LogP contribution in [0.1, 0.15) is 50.7 Å². The summed E-state index contributed by atoms with van der Waals surface area (Å²) in [6, 6.07) is 23.3. The maximum atomic E-state index is 7.06. The molecule has 4 nitrogen and oxygen atoms in total. The summed E-state index contributed by atoms with van der Waals surface area (Å²) in [4.78, 5) is 0. The van der Waals surface area contributed by atoms with Crippen molar-refractivity contribution in [1.29, 1.82) is 5.41 Å². The molecule has 4 aromatic carbocycles. The van der Waals surface area contributed by atoms with Crippen LogP contribution < -0.4 is 11.5 Å². The van der Waals surface area contributed by atoms with Crippen LogP contribution in [0.15, 0.2) is 115 Å². The van der Waals surface area contributed by atoms with Gasteiger partial charge in [0.05, 0.1) is 5.52 Å². The fourth-order valence-corrected chi connectivity index (χ4v) is 8.30. The third kappa shape index (κ3) is 6.41. The van der Waals surface area contributed by atoms with E-state index in [0.717, 1.165) is 44.2 Å². The highest BCUT2D eigenvalue weighted by Gasteiger charge is 2.19. The fraction of sp³-hybridized carbons (Fsp3) is 0.233. The first-order valence-electron chi connectivity index (χ1n) is 17.2. The summed E-state index contributed by atoms with van der Waals surface area (Å²) >= 11 is 1.97. The number of nitrogens with one attached hydrogen (secondary N) is 1. The summed E-state index contributed by atoms with van der Waals surface area (Å²) in [5.74, 6) is 0.736. The molecule has 48 heavy (non-hydrogen) atoms. The molecule has 0 saturated heterocycles. The second-order valence-corrected chi connectivity index (χ2v) is 13.2. The van der Waals surface area contributed by atoms with E-state index >= 15 is 0 Å². The van der Waals surface area contributed by atoms with Gasteiger partial charge in [-0.2, -0.15) is 0 Å². The monoisotopic (exact) mass is 650 g/mol. The molecule has 0 bridgehead atoms. The van der Waals surface area contributed by atoms with Gasteiger partial charge in [-0.25, -0.2) is 0 Å². The minimum atomic E-state index is 0.208. The number of hydrogen-bond donors (Lipinski definition) is 3. The minimum Gasteiger partial charge on any atom is -0.384 e. The number of rotatable bonds is 3. The third-order valence-corrected chi connectivity index (χ3v) is 10.5. The van der Waals surface area contributed by atoms with Gasteiger partial charge in [-0.3, -0.25) is 5.41 Å². The number of thiophene rings is 1. The van der Waals surface area contributed by atoms with E-state index in [0.29, 0.717) is 5.92 Å². The van der Waals surface area contributed by atoms with Crippen LogP contribution in [0.2, 0.25) is 0 Å². The van der Waals surface area contributed by atoms with E-state index in [9.17, 15) is 0 Å². The zero-order valence-corrected chi connectivity index (χ0v) is 29.1. The molecular weight excluding hydrogens is 605 g/mol. The van der Waals surface area contributed by atoms with Crippen molar-refractivity contribution in [3.05, 3.63) is 126 Å². The van der Waals surface area contributed by atoms with Gasteiger partial charge in [0.25, 0.3) is 0 Å². The van der Waals surface area contributed by atoms with E-state index in [1.165, 1.54) is 70.9 Å². The number of nitrogens with zero attached hydrogens (tertiary/aromatic N) is 1. The van der Waals surface area contributed by atoms with Crippen LogP contribution in [0.4, 0.5) is 0 Å². The molecular formula is C43H46N4S. The van der Waals surface area contributed by atoms with Crippen molar-refractivity contribution in [2.45, 2.75) is 52.5 Å². The van der Waals surface area contributed by atoms with Crippen LogP contribution in [0.25, 0.3) is 58.8 Å². The number of fused-ring (bicyclic) bond motifs is 9. The molecule has 0 spiro atoms. The van der Waals surface area contributed by atoms with Crippen LogP contribution in [-0.4, -0.2) is 17.5 Å². The standard InChI is InChI=1S/C33H25NS.C7H10N2.C2H6.CH5N/c1-2-8-21(9-3-1)20-34-30-17-24-12-5-4-11-23(24)16-27(30)28-18-29-26-15-14-22-10-6-7-13-25(22)33(26)35-32(29)19-31(28)34;8-7(9)6-4-2-1-3-5-6;2*1-2/h1-5,7-8,11-19,21H,6,9-10,20H2;1-2,4H,3,5H2,(H3,8,9);1-2H3;2H2,1H3. The minimum absolute atomic E-state index is 0.208. The van der Waals surface area contributed by atoms with E-state index in [-0.39, 0.29) is 5.84 Å². The van der Waals surface area contributed by atoms with Crippen LogP contribution >= 0.6 is 11.3 Å². The molecule has 6 aromatic rings. The Kier molecular flexibility index (Phi) is 10.4. The molecule has 1 unspecified atom stereocenters. The van der Waals surface area contributed by atoms with Crippen molar-refractivity contribution in [3.63, 3.8) is 0 Å². The zero-order valence-electron chi connectivity index (χ0n) is 28.3. The summed E-state index contributed by atoms with van der Waals surface area (Å²) < 4.78 is 5.43. The lowest BCUT2D eigenvalue weighted by atomic mass is 9.95. The molecule has 3 aliphatic carbocycles. The normalized spacial score (nSPS) is 16.2. The first-order valence-corrected chi connectivity index (χ1v) is 18.1. The van der Waals surface area contributed by atoms with Crippen LogP contribution in [-0.2, 0) is 13.0 Å². The molecule has 5 N–H and O–H groups in total.